The lowest BCUT2D eigenvalue weighted by Gasteiger charge is -2.38. The molecule has 1 aromatic rings. The van der Waals surface area contributed by atoms with E-state index in [0.29, 0.717) is 17.1 Å². The van der Waals surface area contributed by atoms with Crippen molar-refractivity contribution in [3.8, 4) is 11.5 Å². The highest BCUT2D eigenvalue weighted by Gasteiger charge is 2.33. The minimum Gasteiger partial charge on any atom is -0.454 e. The van der Waals surface area contributed by atoms with Gasteiger partial charge >= 0.3 is 6.09 Å². The largest absolute Gasteiger partial charge is 0.454 e. The molecule has 1 saturated heterocycles. The summed E-state index contributed by atoms with van der Waals surface area (Å²) in [7, 11) is 0. The van der Waals surface area contributed by atoms with E-state index in [1.54, 1.807) is 11.8 Å². The van der Waals surface area contributed by atoms with Crippen molar-refractivity contribution in [2.24, 2.45) is 0 Å². The molecule has 0 aromatic heterocycles. The van der Waals surface area contributed by atoms with Crippen LogP contribution >= 0.6 is 0 Å². The van der Waals surface area contributed by atoms with Crippen molar-refractivity contribution >= 4 is 11.8 Å². The van der Waals surface area contributed by atoms with Crippen molar-refractivity contribution in [2.75, 3.05) is 6.79 Å². The number of fused-ring (bicyclic) bond motifs is 1. The average Bonchev–Trinajstić information content (AvgIpc) is 3.00. The molecule has 3 rings (SSSR count). The van der Waals surface area contributed by atoms with Crippen LogP contribution in [-0.2, 0) is 4.74 Å². The highest BCUT2D eigenvalue weighted by Crippen LogP contribution is 2.41. The van der Waals surface area contributed by atoms with Crippen LogP contribution in [0.1, 0.15) is 51.7 Å². The molecule has 2 aliphatic heterocycles. The lowest BCUT2D eigenvalue weighted by atomic mass is 9.98. The van der Waals surface area contributed by atoms with Gasteiger partial charge in [-0.3, -0.25) is 10.1 Å². The lowest BCUT2D eigenvalue weighted by Crippen LogP contribution is -2.47. The van der Waals surface area contributed by atoms with Crippen molar-refractivity contribution in [3.63, 3.8) is 0 Å². The molecular weight excluding hydrogens is 328 g/mol. The SMILES string of the molecule is CC(OC(=O)N1[C@H](C)CCC[C@@H]1C)c1cc2c(cc1[N+](=O)[O-])OCO2. The standard InChI is InChI=1S/C17H22N2O6/c1-10-5-4-6-11(2)18(10)17(20)25-12(3)13-7-15-16(24-9-23-15)8-14(13)19(21)22/h7-8,10-12H,4-6,9H2,1-3H3/t10-,11+,12?. The zero-order valence-corrected chi connectivity index (χ0v) is 14.6. The number of amides is 1. The maximum atomic E-state index is 12.6. The van der Waals surface area contributed by atoms with Gasteiger partial charge in [0.1, 0.15) is 6.10 Å². The van der Waals surface area contributed by atoms with Crippen LogP contribution in [-0.4, -0.2) is 34.8 Å². The summed E-state index contributed by atoms with van der Waals surface area (Å²) >= 11 is 0. The maximum absolute atomic E-state index is 12.6. The number of hydrogen-bond acceptors (Lipinski definition) is 6. The molecule has 8 heteroatoms. The fourth-order valence-corrected chi connectivity index (χ4v) is 3.49. The van der Waals surface area contributed by atoms with E-state index >= 15 is 0 Å². The van der Waals surface area contributed by atoms with Crippen molar-refractivity contribution in [2.45, 2.75) is 58.2 Å². The number of nitro groups is 1. The van der Waals surface area contributed by atoms with Crippen LogP contribution in [0.3, 0.4) is 0 Å². The molecule has 2 aliphatic rings. The van der Waals surface area contributed by atoms with Gasteiger partial charge in [-0.1, -0.05) is 0 Å². The number of ether oxygens (including phenoxy) is 3. The van der Waals surface area contributed by atoms with Crippen LogP contribution in [0.15, 0.2) is 12.1 Å². The summed E-state index contributed by atoms with van der Waals surface area (Å²) in [6.07, 6.45) is 1.72. The Morgan fingerprint density at radius 2 is 1.88 bits per heavy atom. The first-order chi connectivity index (χ1) is 11.9. The molecule has 25 heavy (non-hydrogen) atoms. The van der Waals surface area contributed by atoms with E-state index in [9.17, 15) is 14.9 Å². The number of nitrogens with zero attached hydrogens (tertiary/aromatic N) is 2. The molecule has 0 saturated carbocycles. The lowest BCUT2D eigenvalue weighted by molar-refractivity contribution is -0.386. The van der Waals surface area contributed by atoms with Gasteiger partial charge in [0.05, 0.1) is 16.6 Å². The van der Waals surface area contributed by atoms with Gasteiger partial charge in [0, 0.05) is 12.1 Å². The van der Waals surface area contributed by atoms with Crippen molar-refractivity contribution in [1.82, 2.24) is 4.90 Å². The van der Waals surface area contributed by atoms with E-state index in [1.807, 2.05) is 13.8 Å². The second-order valence-electron chi connectivity index (χ2n) is 6.58. The number of piperidine rings is 1. The number of benzene rings is 1. The summed E-state index contributed by atoms with van der Waals surface area (Å²) in [5.41, 5.74) is 0.143. The van der Waals surface area contributed by atoms with Crippen LogP contribution in [0.5, 0.6) is 11.5 Å². The van der Waals surface area contributed by atoms with E-state index in [1.165, 1.54) is 12.1 Å². The summed E-state index contributed by atoms with van der Waals surface area (Å²) in [6.45, 7) is 5.63. The molecule has 0 bridgehead atoms. The Labute approximate surface area is 145 Å². The summed E-state index contributed by atoms with van der Waals surface area (Å²) in [4.78, 5) is 25.2. The van der Waals surface area contributed by atoms with Crippen LogP contribution < -0.4 is 9.47 Å². The fraction of sp³-hybridized carbons (Fsp3) is 0.588. The molecule has 1 unspecified atom stereocenters. The van der Waals surface area contributed by atoms with Crippen LogP contribution in [0.4, 0.5) is 10.5 Å². The maximum Gasteiger partial charge on any atom is 0.410 e. The molecule has 0 aliphatic carbocycles. The molecule has 1 fully saturated rings. The molecule has 1 amide bonds. The van der Waals surface area contributed by atoms with Gasteiger partial charge in [-0.2, -0.15) is 0 Å². The van der Waals surface area contributed by atoms with E-state index in [0.717, 1.165) is 19.3 Å². The van der Waals surface area contributed by atoms with Gasteiger partial charge < -0.3 is 19.1 Å². The molecule has 2 heterocycles. The summed E-state index contributed by atoms with van der Waals surface area (Å²) < 4.78 is 16.0. The predicted molar refractivity (Wildman–Crippen MR) is 88.7 cm³/mol. The molecule has 0 N–H and O–H groups in total. The van der Waals surface area contributed by atoms with Gasteiger partial charge in [0.15, 0.2) is 11.5 Å². The minimum absolute atomic E-state index is 0.0208. The van der Waals surface area contributed by atoms with E-state index in [4.69, 9.17) is 14.2 Å². The number of nitro benzene ring substituents is 1. The normalized spacial score (nSPS) is 23.2. The minimum atomic E-state index is -0.774. The number of carbonyl (C=O) groups excluding carboxylic acids is 1. The Kier molecular flexibility index (Phi) is 4.69. The van der Waals surface area contributed by atoms with Crippen LogP contribution in [0.25, 0.3) is 0 Å². The Hall–Kier alpha value is -2.51. The van der Waals surface area contributed by atoms with Crippen LogP contribution in [0.2, 0.25) is 0 Å². The average molecular weight is 350 g/mol. The monoisotopic (exact) mass is 350 g/mol. The van der Waals surface area contributed by atoms with E-state index in [-0.39, 0.29) is 24.6 Å². The molecule has 0 radical (unpaired) electrons. The third-order valence-corrected chi connectivity index (χ3v) is 4.84. The van der Waals surface area contributed by atoms with Gasteiger partial charge in [-0.15, -0.1) is 0 Å². The molecule has 1 aromatic carbocycles. The molecular formula is C17H22N2O6. The summed E-state index contributed by atoms with van der Waals surface area (Å²) in [6, 6.07) is 3.01. The second kappa shape index (κ2) is 6.78. The van der Waals surface area contributed by atoms with Crippen molar-refractivity contribution in [1.29, 1.82) is 0 Å². The van der Waals surface area contributed by atoms with Gasteiger partial charge in [0.25, 0.3) is 5.69 Å². The third kappa shape index (κ3) is 3.33. The first kappa shape index (κ1) is 17.3. The first-order valence-corrected chi connectivity index (χ1v) is 8.45. The predicted octanol–water partition coefficient (Wildman–Crippen LogP) is 3.78. The summed E-state index contributed by atoms with van der Waals surface area (Å²) in [5.74, 6) is 0.746. The first-order valence-electron chi connectivity index (χ1n) is 8.45. The van der Waals surface area contributed by atoms with Gasteiger partial charge in [-0.05, 0) is 46.1 Å². The summed E-state index contributed by atoms with van der Waals surface area (Å²) in [5, 5.41) is 11.4. The third-order valence-electron chi connectivity index (χ3n) is 4.84. The molecule has 0 spiro atoms. The molecule has 3 atom stereocenters. The Balaban J connectivity index is 1.82. The fourth-order valence-electron chi connectivity index (χ4n) is 3.49. The smallest absolute Gasteiger partial charge is 0.410 e. The van der Waals surface area contributed by atoms with Gasteiger partial charge in [-0.25, -0.2) is 4.79 Å². The Bertz CT molecular complexity index is 682. The van der Waals surface area contributed by atoms with E-state index in [2.05, 4.69) is 0 Å². The number of likely N-dealkylation sites (tertiary alicyclic amines) is 1. The zero-order valence-electron chi connectivity index (χ0n) is 14.6. The number of hydrogen-bond donors (Lipinski definition) is 0. The Morgan fingerprint density at radius 3 is 2.48 bits per heavy atom. The molecule has 136 valence electrons. The van der Waals surface area contributed by atoms with Crippen LogP contribution in [0, 0.1) is 10.1 Å². The number of carbonyl (C=O) groups is 1. The highest BCUT2D eigenvalue weighted by atomic mass is 16.7. The van der Waals surface area contributed by atoms with Gasteiger partial charge in [0.2, 0.25) is 6.79 Å². The Morgan fingerprint density at radius 1 is 1.28 bits per heavy atom. The zero-order chi connectivity index (χ0) is 18.1. The molecule has 8 nitrogen and oxygen atoms in total. The quantitative estimate of drug-likeness (QED) is 0.608. The topological polar surface area (TPSA) is 91.1 Å². The number of rotatable bonds is 3. The van der Waals surface area contributed by atoms with Crippen molar-refractivity contribution in [3.05, 3.63) is 27.8 Å². The second-order valence-corrected chi connectivity index (χ2v) is 6.58. The van der Waals surface area contributed by atoms with E-state index < -0.39 is 17.1 Å². The highest BCUT2D eigenvalue weighted by molar-refractivity contribution is 5.69. The van der Waals surface area contributed by atoms with Crippen molar-refractivity contribution < 1.29 is 23.9 Å².